The summed E-state index contributed by atoms with van der Waals surface area (Å²) in [6.07, 6.45) is 1.69. The normalized spacial score (nSPS) is 12.1. The first-order chi connectivity index (χ1) is 12.4. The highest BCUT2D eigenvalue weighted by atomic mass is 32.2. The van der Waals surface area contributed by atoms with Gasteiger partial charge in [-0.3, -0.25) is 4.55 Å². The van der Waals surface area contributed by atoms with E-state index in [9.17, 15) is 13.5 Å². The van der Waals surface area contributed by atoms with Gasteiger partial charge in [0.25, 0.3) is 10.1 Å². The van der Waals surface area contributed by atoms with Gasteiger partial charge in [0.2, 0.25) is 0 Å². The van der Waals surface area contributed by atoms with E-state index in [0.29, 0.717) is 16.8 Å². The summed E-state index contributed by atoms with van der Waals surface area (Å²) in [7, 11) is -4.23. The summed E-state index contributed by atoms with van der Waals surface area (Å²) in [5.41, 5.74) is 2.09. The van der Waals surface area contributed by atoms with E-state index in [-0.39, 0.29) is 10.6 Å². The molecule has 3 aromatic carbocycles. The molecule has 0 bridgehead atoms. The zero-order valence-electron chi connectivity index (χ0n) is 14.1. The van der Waals surface area contributed by atoms with Crippen molar-refractivity contribution in [3.05, 3.63) is 60.2 Å². The van der Waals surface area contributed by atoms with E-state index >= 15 is 0 Å². The predicted octanol–water partition coefficient (Wildman–Crippen LogP) is 5.16. The molecule has 0 saturated carbocycles. The first-order valence-electron chi connectivity index (χ1n) is 8.12. The lowest BCUT2D eigenvalue weighted by Gasteiger charge is -2.04. The van der Waals surface area contributed by atoms with Gasteiger partial charge < -0.3 is 5.11 Å². The third kappa shape index (κ3) is 4.07. The van der Waals surface area contributed by atoms with Gasteiger partial charge in [0, 0.05) is 0 Å². The number of fused-ring (bicyclic) bond motifs is 1. The number of hydrogen-bond donors (Lipinski definition) is 2. The third-order valence-electron chi connectivity index (χ3n) is 3.96. The molecular weight excluding hydrogens is 352 g/mol. The van der Waals surface area contributed by atoms with Crippen molar-refractivity contribution in [3.63, 3.8) is 0 Å². The van der Waals surface area contributed by atoms with Crippen molar-refractivity contribution >= 4 is 32.3 Å². The molecule has 0 saturated heterocycles. The zero-order chi connectivity index (χ0) is 18.7. The van der Waals surface area contributed by atoms with Crippen molar-refractivity contribution in [1.29, 1.82) is 0 Å². The summed E-state index contributed by atoms with van der Waals surface area (Å²) >= 11 is 0. The van der Waals surface area contributed by atoms with Crippen LogP contribution < -0.4 is 0 Å². The molecule has 0 aliphatic heterocycles. The molecule has 0 radical (unpaired) electrons. The number of azo groups is 1. The summed E-state index contributed by atoms with van der Waals surface area (Å²) in [6, 6.07) is 14.7. The van der Waals surface area contributed by atoms with Crippen molar-refractivity contribution in [2.45, 2.75) is 24.7 Å². The van der Waals surface area contributed by atoms with Crippen molar-refractivity contribution < 1.29 is 18.1 Å². The van der Waals surface area contributed by atoms with Crippen LogP contribution in [-0.2, 0) is 16.5 Å². The molecule has 0 atom stereocenters. The summed E-state index contributed by atoms with van der Waals surface area (Å²) in [5, 5.41) is 19.7. The minimum atomic E-state index is -4.23. The maximum atomic E-state index is 11.2. The van der Waals surface area contributed by atoms with E-state index in [1.165, 1.54) is 12.1 Å². The monoisotopic (exact) mass is 370 g/mol. The Balaban J connectivity index is 1.89. The molecule has 134 valence electrons. The molecule has 0 aromatic heterocycles. The fraction of sp³-hybridized carbons (Fsp3) is 0.158. The van der Waals surface area contributed by atoms with Gasteiger partial charge in [-0.2, -0.15) is 18.6 Å². The second-order valence-electron chi connectivity index (χ2n) is 5.93. The molecule has 6 nitrogen and oxygen atoms in total. The third-order valence-corrected chi connectivity index (χ3v) is 4.81. The first-order valence-corrected chi connectivity index (χ1v) is 9.56. The topological polar surface area (TPSA) is 99.3 Å². The molecule has 0 heterocycles. The van der Waals surface area contributed by atoms with E-state index in [1.54, 1.807) is 36.4 Å². The van der Waals surface area contributed by atoms with Gasteiger partial charge in [0.15, 0.2) is 0 Å². The van der Waals surface area contributed by atoms with Crippen LogP contribution in [0.5, 0.6) is 5.75 Å². The van der Waals surface area contributed by atoms with E-state index in [4.69, 9.17) is 4.55 Å². The molecule has 2 N–H and O–H groups in total. The van der Waals surface area contributed by atoms with Crippen molar-refractivity contribution in [3.8, 4) is 5.75 Å². The number of aromatic hydroxyl groups is 1. The Bertz CT molecular complexity index is 1090. The quantitative estimate of drug-likeness (QED) is 0.478. The fourth-order valence-corrected chi connectivity index (χ4v) is 3.17. The summed E-state index contributed by atoms with van der Waals surface area (Å²) in [4.78, 5) is -0.146. The number of aryl methyl sites for hydroxylation is 1. The van der Waals surface area contributed by atoms with Crippen molar-refractivity contribution in [2.24, 2.45) is 10.2 Å². The average molecular weight is 370 g/mol. The van der Waals surface area contributed by atoms with Crippen LogP contribution in [0.3, 0.4) is 0 Å². The van der Waals surface area contributed by atoms with Crippen LogP contribution in [0, 0.1) is 0 Å². The van der Waals surface area contributed by atoms with Crippen LogP contribution in [0.2, 0.25) is 0 Å². The lowest BCUT2D eigenvalue weighted by Crippen LogP contribution is -1.97. The summed E-state index contributed by atoms with van der Waals surface area (Å²) in [5.74, 6) is 0.256. The predicted molar refractivity (Wildman–Crippen MR) is 100 cm³/mol. The molecule has 0 amide bonds. The highest BCUT2D eigenvalue weighted by Crippen LogP contribution is 2.28. The summed E-state index contributed by atoms with van der Waals surface area (Å²) in [6.45, 7) is 2.04. The van der Waals surface area contributed by atoms with E-state index in [0.717, 1.165) is 23.8 Å². The maximum Gasteiger partial charge on any atom is 0.294 e. The van der Waals surface area contributed by atoms with Crippen LogP contribution in [0.1, 0.15) is 18.9 Å². The highest BCUT2D eigenvalue weighted by molar-refractivity contribution is 7.85. The van der Waals surface area contributed by atoms with E-state index in [2.05, 4.69) is 10.2 Å². The van der Waals surface area contributed by atoms with Gasteiger partial charge in [-0.25, -0.2) is 0 Å². The van der Waals surface area contributed by atoms with Gasteiger partial charge in [-0.15, -0.1) is 0 Å². The van der Waals surface area contributed by atoms with Gasteiger partial charge in [0.1, 0.15) is 5.75 Å². The number of phenolic OH excluding ortho intramolecular Hbond substituents is 1. The lowest BCUT2D eigenvalue weighted by molar-refractivity contribution is 0.467. The minimum Gasteiger partial charge on any atom is -0.508 e. The smallest absolute Gasteiger partial charge is 0.294 e. The van der Waals surface area contributed by atoms with E-state index in [1.807, 2.05) is 13.0 Å². The Hall–Kier alpha value is -2.77. The van der Waals surface area contributed by atoms with Crippen molar-refractivity contribution in [1.82, 2.24) is 0 Å². The minimum absolute atomic E-state index is 0.146. The van der Waals surface area contributed by atoms with Crippen LogP contribution in [0.15, 0.2) is 69.7 Å². The molecule has 3 aromatic rings. The lowest BCUT2D eigenvalue weighted by atomic mass is 10.1. The molecule has 0 aliphatic rings. The Morgan fingerprint density at radius 3 is 2.19 bits per heavy atom. The molecule has 0 spiro atoms. The molecular formula is C19H18N2O4S. The standard InChI is InChI=1S/C19H18N2O4S/c1-2-3-15-11-17(7-9-19(15)22)21-20-16-6-4-14-12-18(26(23,24)25)8-5-13(14)10-16/h4-12,22H,2-3H2,1H3,(H,23,24,25). The van der Waals surface area contributed by atoms with Gasteiger partial charge >= 0.3 is 0 Å². The van der Waals surface area contributed by atoms with Gasteiger partial charge in [0.05, 0.1) is 16.3 Å². The van der Waals surface area contributed by atoms with Gasteiger partial charge in [-0.1, -0.05) is 25.5 Å². The molecule has 0 unspecified atom stereocenters. The highest BCUT2D eigenvalue weighted by Gasteiger charge is 2.09. The Morgan fingerprint density at radius 2 is 1.50 bits per heavy atom. The molecule has 7 heteroatoms. The number of rotatable bonds is 5. The zero-order valence-corrected chi connectivity index (χ0v) is 14.9. The second kappa shape index (κ2) is 7.23. The Kier molecular flexibility index (Phi) is 5.01. The maximum absolute atomic E-state index is 11.2. The fourth-order valence-electron chi connectivity index (χ4n) is 2.65. The number of hydrogen-bond acceptors (Lipinski definition) is 5. The van der Waals surface area contributed by atoms with Crippen LogP contribution in [0.4, 0.5) is 11.4 Å². The molecule has 26 heavy (non-hydrogen) atoms. The first kappa shape index (κ1) is 18.0. The number of benzene rings is 3. The largest absolute Gasteiger partial charge is 0.508 e. The molecule has 0 fully saturated rings. The average Bonchev–Trinajstić information content (AvgIpc) is 2.61. The Labute approximate surface area is 151 Å². The number of nitrogens with zero attached hydrogens (tertiary/aromatic N) is 2. The SMILES string of the molecule is CCCc1cc(N=Nc2ccc3cc(S(=O)(=O)O)ccc3c2)ccc1O. The Morgan fingerprint density at radius 1 is 0.885 bits per heavy atom. The molecule has 0 aliphatic carbocycles. The van der Waals surface area contributed by atoms with Crippen molar-refractivity contribution in [2.75, 3.05) is 0 Å². The number of phenols is 1. The van der Waals surface area contributed by atoms with Crippen LogP contribution in [-0.4, -0.2) is 18.1 Å². The van der Waals surface area contributed by atoms with Crippen LogP contribution >= 0.6 is 0 Å². The summed E-state index contributed by atoms with van der Waals surface area (Å²) < 4.78 is 31.5. The van der Waals surface area contributed by atoms with Gasteiger partial charge in [-0.05, 0) is 65.2 Å². The second-order valence-corrected chi connectivity index (χ2v) is 7.35. The van der Waals surface area contributed by atoms with Crippen LogP contribution in [0.25, 0.3) is 10.8 Å². The van der Waals surface area contributed by atoms with E-state index < -0.39 is 10.1 Å². The molecule has 3 rings (SSSR count).